The summed E-state index contributed by atoms with van der Waals surface area (Å²) in [5.74, 6) is 0.647. The lowest BCUT2D eigenvalue weighted by Crippen LogP contribution is -2.29. The predicted molar refractivity (Wildman–Crippen MR) is 61.3 cm³/mol. The third-order valence-corrected chi connectivity index (χ3v) is 2.89. The standard InChI is InChI=1S/C11H22N4/c1-9(11(2,3)4)6-12-7-10-8-15(5)14-13-10/h8-9,12H,6-7H2,1-5H3. The van der Waals surface area contributed by atoms with Crippen molar-refractivity contribution in [2.24, 2.45) is 18.4 Å². The van der Waals surface area contributed by atoms with Gasteiger partial charge in [0, 0.05) is 19.8 Å². The van der Waals surface area contributed by atoms with Gasteiger partial charge < -0.3 is 5.32 Å². The topological polar surface area (TPSA) is 42.7 Å². The van der Waals surface area contributed by atoms with E-state index in [2.05, 4.69) is 43.3 Å². The van der Waals surface area contributed by atoms with Gasteiger partial charge in [-0.25, -0.2) is 0 Å². The number of aryl methyl sites for hydroxylation is 1. The predicted octanol–water partition coefficient (Wildman–Crippen LogP) is 1.59. The Bertz CT molecular complexity index is 298. The van der Waals surface area contributed by atoms with Crippen LogP contribution in [-0.4, -0.2) is 21.5 Å². The van der Waals surface area contributed by atoms with Gasteiger partial charge in [0.25, 0.3) is 0 Å². The van der Waals surface area contributed by atoms with Gasteiger partial charge in [-0.2, -0.15) is 0 Å². The summed E-state index contributed by atoms with van der Waals surface area (Å²) in [6.07, 6.45) is 1.94. The van der Waals surface area contributed by atoms with Gasteiger partial charge in [0.05, 0.1) is 5.69 Å². The average Bonchev–Trinajstić information content (AvgIpc) is 2.49. The second-order valence-electron chi connectivity index (χ2n) is 5.28. The van der Waals surface area contributed by atoms with Crippen LogP contribution >= 0.6 is 0 Å². The largest absolute Gasteiger partial charge is 0.311 e. The molecule has 4 heteroatoms. The molecule has 1 unspecified atom stereocenters. The molecule has 1 aromatic rings. The molecule has 0 saturated heterocycles. The molecule has 0 fully saturated rings. The molecule has 1 heterocycles. The van der Waals surface area contributed by atoms with E-state index in [-0.39, 0.29) is 0 Å². The summed E-state index contributed by atoms with van der Waals surface area (Å²) >= 11 is 0. The van der Waals surface area contributed by atoms with E-state index < -0.39 is 0 Å². The highest BCUT2D eigenvalue weighted by molar-refractivity contribution is 4.91. The minimum absolute atomic E-state index is 0.357. The van der Waals surface area contributed by atoms with E-state index >= 15 is 0 Å². The first kappa shape index (κ1) is 12.2. The summed E-state index contributed by atoms with van der Waals surface area (Å²) in [5.41, 5.74) is 1.36. The first-order valence-electron chi connectivity index (χ1n) is 5.45. The lowest BCUT2D eigenvalue weighted by Gasteiger charge is -2.27. The molecule has 0 aliphatic heterocycles. The molecule has 1 aromatic heterocycles. The summed E-state index contributed by atoms with van der Waals surface area (Å²) in [7, 11) is 1.88. The summed E-state index contributed by atoms with van der Waals surface area (Å²) in [5, 5.41) is 11.3. The normalized spacial score (nSPS) is 14.2. The van der Waals surface area contributed by atoms with E-state index in [4.69, 9.17) is 0 Å². The van der Waals surface area contributed by atoms with Gasteiger partial charge >= 0.3 is 0 Å². The molecule has 1 N–H and O–H groups in total. The fourth-order valence-electron chi connectivity index (χ4n) is 1.20. The van der Waals surface area contributed by atoms with Crippen molar-refractivity contribution in [3.05, 3.63) is 11.9 Å². The SMILES string of the molecule is CC(CNCc1cn(C)nn1)C(C)(C)C. The molecule has 0 aliphatic carbocycles. The van der Waals surface area contributed by atoms with Crippen molar-refractivity contribution in [3.63, 3.8) is 0 Å². The Morgan fingerprint density at radius 1 is 1.47 bits per heavy atom. The molecule has 0 radical (unpaired) electrons. The molecule has 0 aromatic carbocycles. The smallest absolute Gasteiger partial charge is 0.0964 e. The summed E-state index contributed by atoms with van der Waals surface area (Å²) in [4.78, 5) is 0. The van der Waals surface area contributed by atoms with Crippen molar-refractivity contribution in [2.45, 2.75) is 34.2 Å². The Morgan fingerprint density at radius 2 is 2.13 bits per heavy atom. The fraction of sp³-hybridized carbons (Fsp3) is 0.818. The molecule has 15 heavy (non-hydrogen) atoms. The highest BCUT2D eigenvalue weighted by atomic mass is 15.4. The second-order valence-corrected chi connectivity index (χ2v) is 5.28. The zero-order valence-electron chi connectivity index (χ0n) is 10.4. The zero-order chi connectivity index (χ0) is 11.5. The third kappa shape index (κ3) is 4.00. The fourth-order valence-corrected chi connectivity index (χ4v) is 1.20. The second kappa shape index (κ2) is 4.75. The van der Waals surface area contributed by atoms with E-state index in [1.165, 1.54) is 0 Å². The Labute approximate surface area is 92.1 Å². The molecule has 0 spiro atoms. The molecule has 1 rings (SSSR count). The minimum atomic E-state index is 0.357. The van der Waals surface area contributed by atoms with Crippen LogP contribution in [0.25, 0.3) is 0 Å². The van der Waals surface area contributed by atoms with E-state index in [1.807, 2.05) is 13.2 Å². The number of rotatable bonds is 4. The van der Waals surface area contributed by atoms with Crippen LogP contribution in [0, 0.1) is 11.3 Å². The van der Waals surface area contributed by atoms with Crippen LogP contribution in [-0.2, 0) is 13.6 Å². The van der Waals surface area contributed by atoms with Crippen molar-refractivity contribution in [3.8, 4) is 0 Å². The van der Waals surface area contributed by atoms with Crippen molar-refractivity contribution in [2.75, 3.05) is 6.54 Å². The van der Waals surface area contributed by atoms with Gasteiger partial charge in [-0.15, -0.1) is 5.10 Å². The van der Waals surface area contributed by atoms with E-state index in [9.17, 15) is 0 Å². The van der Waals surface area contributed by atoms with Gasteiger partial charge in [-0.3, -0.25) is 4.68 Å². The van der Waals surface area contributed by atoms with E-state index in [0.29, 0.717) is 11.3 Å². The Hall–Kier alpha value is -0.900. The van der Waals surface area contributed by atoms with E-state index in [1.54, 1.807) is 4.68 Å². The Balaban J connectivity index is 2.28. The van der Waals surface area contributed by atoms with Crippen molar-refractivity contribution in [1.82, 2.24) is 20.3 Å². The van der Waals surface area contributed by atoms with Gasteiger partial charge in [-0.1, -0.05) is 32.9 Å². The molecule has 4 nitrogen and oxygen atoms in total. The summed E-state index contributed by atoms with van der Waals surface area (Å²) in [6, 6.07) is 0. The van der Waals surface area contributed by atoms with Crippen LogP contribution < -0.4 is 5.32 Å². The monoisotopic (exact) mass is 210 g/mol. The van der Waals surface area contributed by atoms with Gasteiger partial charge in [0.2, 0.25) is 0 Å². The van der Waals surface area contributed by atoms with Gasteiger partial charge in [-0.05, 0) is 17.9 Å². The molecular weight excluding hydrogens is 188 g/mol. The van der Waals surface area contributed by atoms with Crippen LogP contribution in [0.15, 0.2) is 6.20 Å². The first-order chi connectivity index (χ1) is 6.89. The molecule has 0 amide bonds. The van der Waals surface area contributed by atoms with Crippen molar-refractivity contribution < 1.29 is 0 Å². The Kier molecular flexibility index (Phi) is 3.85. The molecule has 1 atom stereocenters. The van der Waals surface area contributed by atoms with Crippen LogP contribution in [0.2, 0.25) is 0 Å². The summed E-state index contributed by atoms with van der Waals surface area (Å²) in [6.45, 7) is 10.9. The minimum Gasteiger partial charge on any atom is -0.311 e. The van der Waals surface area contributed by atoms with Crippen LogP contribution in [0.5, 0.6) is 0 Å². The molecule has 0 bridgehead atoms. The number of aromatic nitrogens is 3. The lowest BCUT2D eigenvalue weighted by molar-refractivity contribution is 0.252. The molecule has 0 saturated carbocycles. The third-order valence-electron chi connectivity index (χ3n) is 2.89. The lowest BCUT2D eigenvalue weighted by atomic mass is 9.82. The highest BCUT2D eigenvalue weighted by Crippen LogP contribution is 2.24. The summed E-state index contributed by atoms with van der Waals surface area (Å²) < 4.78 is 1.73. The van der Waals surface area contributed by atoms with Gasteiger partial charge in [0.1, 0.15) is 0 Å². The highest BCUT2D eigenvalue weighted by Gasteiger charge is 2.19. The van der Waals surface area contributed by atoms with Crippen molar-refractivity contribution in [1.29, 1.82) is 0 Å². The number of hydrogen-bond donors (Lipinski definition) is 1. The molecular formula is C11H22N4. The zero-order valence-corrected chi connectivity index (χ0v) is 10.4. The van der Waals surface area contributed by atoms with Crippen LogP contribution in [0.1, 0.15) is 33.4 Å². The number of hydrogen-bond acceptors (Lipinski definition) is 3. The maximum Gasteiger partial charge on any atom is 0.0964 e. The van der Waals surface area contributed by atoms with Crippen LogP contribution in [0.3, 0.4) is 0 Å². The van der Waals surface area contributed by atoms with Crippen molar-refractivity contribution >= 4 is 0 Å². The number of nitrogens with one attached hydrogen (secondary N) is 1. The quantitative estimate of drug-likeness (QED) is 0.820. The maximum atomic E-state index is 4.03. The van der Waals surface area contributed by atoms with Gasteiger partial charge in [0.15, 0.2) is 0 Å². The van der Waals surface area contributed by atoms with E-state index in [0.717, 1.165) is 18.8 Å². The Morgan fingerprint density at radius 3 is 2.60 bits per heavy atom. The maximum absolute atomic E-state index is 4.03. The first-order valence-corrected chi connectivity index (χ1v) is 5.45. The number of nitrogens with zero attached hydrogens (tertiary/aromatic N) is 3. The average molecular weight is 210 g/mol. The van der Waals surface area contributed by atoms with Crippen LogP contribution in [0.4, 0.5) is 0 Å². The molecule has 0 aliphatic rings. The molecule has 86 valence electrons.